The maximum Gasteiger partial charge on any atom is 0.302 e. The zero-order chi connectivity index (χ0) is 14.4. The summed E-state index contributed by atoms with van der Waals surface area (Å²) in [6.45, 7) is 2.18. The lowest BCUT2D eigenvalue weighted by Gasteiger charge is -2.25. The van der Waals surface area contributed by atoms with Gasteiger partial charge in [0.25, 0.3) is 0 Å². The van der Waals surface area contributed by atoms with Crippen molar-refractivity contribution >= 4 is 11.9 Å². The molecule has 0 bridgehead atoms. The fourth-order valence-corrected chi connectivity index (χ4v) is 1.54. The van der Waals surface area contributed by atoms with Crippen LogP contribution < -0.4 is 0 Å². The number of aliphatic hydroxyl groups is 2. The second-order valence-corrected chi connectivity index (χ2v) is 4.18. The summed E-state index contributed by atoms with van der Waals surface area (Å²) < 4.78 is 15.0. The summed E-state index contributed by atoms with van der Waals surface area (Å²) in [6.07, 6.45) is -0.970. The van der Waals surface area contributed by atoms with Gasteiger partial charge in [-0.3, -0.25) is 9.59 Å². The van der Waals surface area contributed by atoms with Gasteiger partial charge in [0.15, 0.2) is 0 Å². The second kappa shape index (κ2) is 7.22. The highest BCUT2D eigenvalue weighted by Crippen LogP contribution is 2.15. The molecule has 2 N–H and O–H groups in total. The lowest BCUT2D eigenvalue weighted by molar-refractivity contribution is -0.163. The van der Waals surface area contributed by atoms with Crippen LogP contribution in [0.2, 0.25) is 0 Å². The molecule has 7 nitrogen and oxygen atoms in total. The number of carbonyl (C=O) groups is 2. The smallest absolute Gasteiger partial charge is 0.302 e. The van der Waals surface area contributed by atoms with E-state index in [1.165, 1.54) is 26.0 Å². The third kappa shape index (κ3) is 5.37. The first-order valence-corrected chi connectivity index (χ1v) is 5.86. The van der Waals surface area contributed by atoms with E-state index in [4.69, 9.17) is 14.2 Å². The van der Waals surface area contributed by atoms with Crippen molar-refractivity contribution in [3.05, 3.63) is 12.2 Å². The average Bonchev–Trinajstić information content (AvgIpc) is 2.46. The molecule has 1 aliphatic heterocycles. The Morgan fingerprint density at radius 2 is 1.37 bits per heavy atom. The molecular weight excluding hydrogens is 256 g/mol. The van der Waals surface area contributed by atoms with Gasteiger partial charge in [-0.2, -0.15) is 0 Å². The molecule has 0 fully saturated rings. The van der Waals surface area contributed by atoms with Gasteiger partial charge in [0.1, 0.15) is 37.6 Å². The van der Waals surface area contributed by atoms with Crippen molar-refractivity contribution in [2.75, 3.05) is 13.2 Å². The first kappa shape index (κ1) is 15.6. The standard InChI is InChI=1S/C12H18O7/c1-7(13)17-5-11-9(15)3-4-10(16)12(19-11)6-18-8(2)14/h3-4,9-12,15-16H,5-6H2,1-2H3/t9-,10+,11+,12-. The van der Waals surface area contributed by atoms with Gasteiger partial charge in [0, 0.05) is 13.8 Å². The number of ether oxygens (including phenoxy) is 3. The lowest BCUT2D eigenvalue weighted by atomic mass is 10.2. The van der Waals surface area contributed by atoms with E-state index in [9.17, 15) is 19.8 Å². The maximum atomic E-state index is 10.7. The largest absolute Gasteiger partial charge is 0.463 e. The molecule has 0 aliphatic carbocycles. The van der Waals surface area contributed by atoms with Crippen molar-refractivity contribution in [1.29, 1.82) is 0 Å². The molecule has 0 amide bonds. The Morgan fingerprint density at radius 3 is 1.68 bits per heavy atom. The summed E-state index contributed by atoms with van der Waals surface area (Å²) in [5, 5.41) is 19.5. The van der Waals surface area contributed by atoms with Crippen LogP contribution in [0.25, 0.3) is 0 Å². The molecule has 7 heteroatoms. The molecule has 4 atom stereocenters. The maximum absolute atomic E-state index is 10.7. The van der Waals surface area contributed by atoms with Gasteiger partial charge in [-0.1, -0.05) is 12.2 Å². The molecule has 1 heterocycles. The molecule has 0 saturated heterocycles. The van der Waals surface area contributed by atoms with Crippen molar-refractivity contribution in [3.63, 3.8) is 0 Å². The molecule has 0 spiro atoms. The van der Waals surface area contributed by atoms with Crippen molar-refractivity contribution < 1.29 is 34.0 Å². The lowest BCUT2D eigenvalue weighted by Crippen LogP contribution is -2.40. The predicted octanol–water partition coefficient (Wildman–Crippen LogP) is -0.842. The first-order chi connectivity index (χ1) is 8.90. The fourth-order valence-electron chi connectivity index (χ4n) is 1.54. The molecule has 108 valence electrons. The predicted molar refractivity (Wildman–Crippen MR) is 63.1 cm³/mol. The molecule has 1 rings (SSSR count). The minimum absolute atomic E-state index is 0.149. The molecule has 1 aliphatic rings. The van der Waals surface area contributed by atoms with Crippen LogP contribution in [0.15, 0.2) is 12.2 Å². The van der Waals surface area contributed by atoms with E-state index in [2.05, 4.69) is 0 Å². The molecule has 0 saturated carbocycles. The van der Waals surface area contributed by atoms with E-state index in [0.29, 0.717) is 0 Å². The highest BCUT2D eigenvalue weighted by molar-refractivity contribution is 5.66. The number of rotatable bonds is 4. The van der Waals surface area contributed by atoms with Crippen LogP contribution in [0.5, 0.6) is 0 Å². The van der Waals surface area contributed by atoms with Gasteiger partial charge in [-0.25, -0.2) is 0 Å². The van der Waals surface area contributed by atoms with Crippen molar-refractivity contribution in [2.24, 2.45) is 0 Å². The minimum Gasteiger partial charge on any atom is -0.463 e. The Balaban J connectivity index is 2.63. The van der Waals surface area contributed by atoms with Gasteiger partial charge in [-0.15, -0.1) is 0 Å². The van der Waals surface area contributed by atoms with Crippen LogP contribution in [-0.4, -0.2) is 59.8 Å². The molecule has 0 unspecified atom stereocenters. The Bertz CT molecular complexity index is 320. The topological polar surface area (TPSA) is 102 Å². The summed E-state index contributed by atoms with van der Waals surface area (Å²) >= 11 is 0. The quantitative estimate of drug-likeness (QED) is 0.509. The summed E-state index contributed by atoms with van der Waals surface area (Å²) in [7, 11) is 0. The normalized spacial score (nSPS) is 30.5. The number of carbonyl (C=O) groups excluding carboxylic acids is 2. The van der Waals surface area contributed by atoms with E-state index < -0.39 is 36.4 Å². The van der Waals surface area contributed by atoms with Crippen LogP contribution in [0.3, 0.4) is 0 Å². The van der Waals surface area contributed by atoms with Gasteiger partial charge >= 0.3 is 11.9 Å². The Labute approximate surface area is 110 Å². The monoisotopic (exact) mass is 274 g/mol. The van der Waals surface area contributed by atoms with Crippen LogP contribution in [-0.2, 0) is 23.8 Å². The number of aliphatic hydroxyl groups excluding tert-OH is 2. The third-order valence-electron chi connectivity index (χ3n) is 2.52. The summed E-state index contributed by atoms with van der Waals surface area (Å²) in [4.78, 5) is 21.5. The highest BCUT2D eigenvalue weighted by Gasteiger charge is 2.30. The van der Waals surface area contributed by atoms with Crippen LogP contribution in [0.4, 0.5) is 0 Å². The number of hydrogen-bond donors (Lipinski definition) is 2. The highest BCUT2D eigenvalue weighted by atomic mass is 16.6. The zero-order valence-corrected chi connectivity index (χ0v) is 10.8. The van der Waals surface area contributed by atoms with E-state index in [-0.39, 0.29) is 13.2 Å². The van der Waals surface area contributed by atoms with Crippen molar-refractivity contribution in [1.82, 2.24) is 0 Å². The summed E-state index contributed by atoms with van der Waals surface area (Å²) in [5.74, 6) is -0.998. The SMILES string of the molecule is CC(=O)OC[C@@H]1O[C@H](COC(C)=O)[C@@H](O)C=C[C@H]1O. The van der Waals surface area contributed by atoms with Crippen molar-refractivity contribution in [3.8, 4) is 0 Å². The van der Waals surface area contributed by atoms with Crippen LogP contribution in [0, 0.1) is 0 Å². The molecule has 0 aromatic heterocycles. The Kier molecular flexibility index (Phi) is 5.94. The van der Waals surface area contributed by atoms with Gasteiger partial charge in [-0.05, 0) is 0 Å². The molecule has 0 aromatic carbocycles. The van der Waals surface area contributed by atoms with E-state index in [1.54, 1.807) is 0 Å². The van der Waals surface area contributed by atoms with Gasteiger partial charge < -0.3 is 24.4 Å². The number of esters is 2. The third-order valence-corrected chi connectivity index (χ3v) is 2.52. The average molecular weight is 274 g/mol. The van der Waals surface area contributed by atoms with Gasteiger partial charge in [0.05, 0.1) is 0 Å². The number of hydrogen-bond acceptors (Lipinski definition) is 7. The van der Waals surface area contributed by atoms with E-state index in [0.717, 1.165) is 0 Å². The molecule has 0 aromatic rings. The molecular formula is C12H18O7. The summed E-state index contributed by atoms with van der Waals surface area (Å²) in [5.41, 5.74) is 0. The minimum atomic E-state index is -1.02. The molecule has 19 heavy (non-hydrogen) atoms. The second-order valence-electron chi connectivity index (χ2n) is 4.18. The van der Waals surface area contributed by atoms with E-state index in [1.807, 2.05) is 0 Å². The zero-order valence-electron chi connectivity index (χ0n) is 10.8. The molecule has 0 radical (unpaired) electrons. The Hall–Kier alpha value is -1.44. The van der Waals surface area contributed by atoms with Crippen LogP contribution >= 0.6 is 0 Å². The summed E-state index contributed by atoms with van der Waals surface area (Å²) in [6, 6.07) is 0. The first-order valence-electron chi connectivity index (χ1n) is 5.86. The van der Waals surface area contributed by atoms with Crippen LogP contribution in [0.1, 0.15) is 13.8 Å². The van der Waals surface area contributed by atoms with Gasteiger partial charge in [0.2, 0.25) is 0 Å². The van der Waals surface area contributed by atoms with Crippen molar-refractivity contribution in [2.45, 2.75) is 38.3 Å². The van der Waals surface area contributed by atoms with E-state index >= 15 is 0 Å². The fraction of sp³-hybridized carbons (Fsp3) is 0.667. The Morgan fingerprint density at radius 1 is 1.00 bits per heavy atom.